The van der Waals surface area contributed by atoms with Crippen molar-refractivity contribution in [3.8, 4) is 0 Å². The van der Waals surface area contributed by atoms with Gasteiger partial charge in [-0.3, -0.25) is 9.78 Å². The first kappa shape index (κ1) is 19.3. The van der Waals surface area contributed by atoms with E-state index < -0.39 is 0 Å². The van der Waals surface area contributed by atoms with Gasteiger partial charge in [0.1, 0.15) is 5.82 Å². The van der Waals surface area contributed by atoms with E-state index in [-0.39, 0.29) is 17.2 Å². The quantitative estimate of drug-likeness (QED) is 0.718. The van der Waals surface area contributed by atoms with E-state index in [0.717, 1.165) is 41.8 Å². The average Bonchev–Trinajstić information content (AvgIpc) is 2.72. The molecule has 1 saturated heterocycles. The SMILES string of the molecule is CC(C)(C)c1ncc(C(=O)N2CCC[C@H](c3nc4ccccc4cc3N)C2)cn1. The summed E-state index contributed by atoms with van der Waals surface area (Å²) in [4.78, 5) is 28.5. The van der Waals surface area contributed by atoms with Crippen LogP contribution in [0.15, 0.2) is 42.7 Å². The van der Waals surface area contributed by atoms with Crippen LogP contribution >= 0.6 is 0 Å². The number of hydrogen-bond acceptors (Lipinski definition) is 5. The molecule has 0 spiro atoms. The maximum atomic E-state index is 13.0. The molecule has 1 atom stereocenters. The Hall–Kier alpha value is -3.02. The molecular formula is C23H27N5O. The molecule has 29 heavy (non-hydrogen) atoms. The van der Waals surface area contributed by atoms with E-state index in [1.165, 1.54) is 0 Å². The number of rotatable bonds is 2. The summed E-state index contributed by atoms with van der Waals surface area (Å²) in [5.74, 6) is 0.834. The zero-order valence-electron chi connectivity index (χ0n) is 17.2. The normalized spacial score (nSPS) is 17.5. The number of pyridine rings is 1. The molecule has 0 saturated carbocycles. The van der Waals surface area contributed by atoms with Crippen molar-refractivity contribution < 1.29 is 4.79 Å². The summed E-state index contributed by atoms with van der Waals surface area (Å²) in [5.41, 5.74) is 9.23. The second kappa shape index (κ2) is 7.43. The van der Waals surface area contributed by atoms with Crippen molar-refractivity contribution in [2.45, 2.75) is 44.9 Å². The van der Waals surface area contributed by atoms with Crippen LogP contribution in [0.1, 0.15) is 61.4 Å². The first-order valence-electron chi connectivity index (χ1n) is 10.1. The van der Waals surface area contributed by atoms with E-state index in [1.54, 1.807) is 12.4 Å². The Labute approximate surface area is 171 Å². The van der Waals surface area contributed by atoms with Crippen molar-refractivity contribution in [3.05, 3.63) is 59.8 Å². The van der Waals surface area contributed by atoms with Crippen LogP contribution in [0.25, 0.3) is 10.9 Å². The van der Waals surface area contributed by atoms with Crippen molar-refractivity contribution in [1.82, 2.24) is 19.9 Å². The minimum atomic E-state index is -0.142. The monoisotopic (exact) mass is 389 g/mol. The van der Waals surface area contributed by atoms with E-state index in [0.29, 0.717) is 17.8 Å². The third-order valence-corrected chi connectivity index (χ3v) is 5.45. The highest BCUT2D eigenvalue weighted by Crippen LogP contribution is 2.32. The van der Waals surface area contributed by atoms with E-state index in [9.17, 15) is 4.79 Å². The van der Waals surface area contributed by atoms with Gasteiger partial charge in [-0.2, -0.15) is 0 Å². The predicted molar refractivity (Wildman–Crippen MR) is 115 cm³/mol. The second-order valence-electron chi connectivity index (χ2n) is 8.79. The molecule has 150 valence electrons. The number of anilines is 1. The molecule has 1 aliphatic rings. The molecule has 3 aromatic rings. The number of fused-ring (bicyclic) bond motifs is 1. The molecular weight excluding hydrogens is 362 g/mol. The maximum Gasteiger partial charge on any atom is 0.257 e. The molecule has 0 aliphatic carbocycles. The number of likely N-dealkylation sites (tertiary alicyclic amines) is 1. The summed E-state index contributed by atoms with van der Waals surface area (Å²) in [6, 6.07) is 9.96. The molecule has 3 heterocycles. The summed E-state index contributed by atoms with van der Waals surface area (Å²) < 4.78 is 0. The number of piperidine rings is 1. The lowest BCUT2D eigenvalue weighted by molar-refractivity contribution is 0.0705. The van der Waals surface area contributed by atoms with Crippen LogP contribution in [0.4, 0.5) is 5.69 Å². The zero-order valence-corrected chi connectivity index (χ0v) is 17.2. The predicted octanol–water partition coefficient (Wildman–Crippen LogP) is 3.92. The molecule has 6 heteroatoms. The van der Waals surface area contributed by atoms with Crippen molar-refractivity contribution in [1.29, 1.82) is 0 Å². The fraction of sp³-hybridized carbons (Fsp3) is 0.391. The lowest BCUT2D eigenvalue weighted by Crippen LogP contribution is -2.39. The topological polar surface area (TPSA) is 85.0 Å². The van der Waals surface area contributed by atoms with Crippen LogP contribution in [0, 0.1) is 0 Å². The van der Waals surface area contributed by atoms with Gasteiger partial charge in [0.15, 0.2) is 0 Å². The van der Waals surface area contributed by atoms with Gasteiger partial charge >= 0.3 is 0 Å². The van der Waals surface area contributed by atoms with Crippen LogP contribution in [-0.4, -0.2) is 38.8 Å². The number of hydrogen-bond donors (Lipinski definition) is 1. The summed E-state index contributed by atoms with van der Waals surface area (Å²) >= 11 is 0. The van der Waals surface area contributed by atoms with Gasteiger partial charge in [0, 0.05) is 42.2 Å². The van der Waals surface area contributed by atoms with Gasteiger partial charge in [-0.15, -0.1) is 0 Å². The number of nitrogens with two attached hydrogens (primary N) is 1. The van der Waals surface area contributed by atoms with Gasteiger partial charge in [0.05, 0.1) is 22.5 Å². The molecule has 4 rings (SSSR count). The molecule has 6 nitrogen and oxygen atoms in total. The summed E-state index contributed by atoms with van der Waals surface area (Å²) in [5, 5.41) is 1.04. The molecule has 1 aromatic carbocycles. The molecule has 2 N–H and O–H groups in total. The van der Waals surface area contributed by atoms with Gasteiger partial charge in [0.2, 0.25) is 0 Å². The Kier molecular flexibility index (Phi) is 4.94. The zero-order chi connectivity index (χ0) is 20.6. The number of para-hydroxylation sites is 1. The van der Waals surface area contributed by atoms with Crippen molar-refractivity contribution in [2.24, 2.45) is 0 Å². The Morgan fingerprint density at radius 3 is 2.62 bits per heavy atom. The fourth-order valence-corrected chi connectivity index (χ4v) is 3.87. The number of benzene rings is 1. The third-order valence-electron chi connectivity index (χ3n) is 5.45. The van der Waals surface area contributed by atoms with Gasteiger partial charge < -0.3 is 10.6 Å². The van der Waals surface area contributed by atoms with Crippen LogP contribution in [0.2, 0.25) is 0 Å². The standard InChI is InChI=1S/C23H27N5O/c1-23(2,3)22-25-12-17(13-26-22)21(29)28-10-6-8-16(14-28)20-18(24)11-15-7-4-5-9-19(15)27-20/h4-5,7,9,11-13,16H,6,8,10,14,24H2,1-3H3/t16-/m0/s1. The number of aromatic nitrogens is 3. The molecule has 0 unspecified atom stereocenters. The number of carbonyl (C=O) groups is 1. The first-order chi connectivity index (χ1) is 13.8. The van der Waals surface area contributed by atoms with Gasteiger partial charge in [-0.05, 0) is 25.0 Å². The molecule has 1 aliphatic heterocycles. The lowest BCUT2D eigenvalue weighted by atomic mass is 9.92. The summed E-state index contributed by atoms with van der Waals surface area (Å²) in [7, 11) is 0. The number of nitrogens with zero attached hydrogens (tertiary/aromatic N) is 4. The third kappa shape index (κ3) is 3.92. The van der Waals surface area contributed by atoms with E-state index in [1.807, 2.05) is 35.2 Å². The highest BCUT2D eigenvalue weighted by Gasteiger charge is 2.28. The van der Waals surface area contributed by atoms with E-state index >= 15 is 0 Å². The van der Waals surface area contributed by atoms with Gasteiger partial charge in [-0.1, -0.05) is 39.0 Å². The van der Waals surface area contributed by atoms with Crippen molar-refractivity contribution in [2.75, 3.05) is 18.8 Å². The van der Waals surface area contributed by atoms with Crippen LogP contribution in [0.5, 0.6) is 0 Å². The lowest BCUT2D eigenvalue weighted by Gasteiger charge is -2.33. The molecule has 0 radical (unpaired) electrons. The van der Waals surface area contributed by atoms with Crippen LogP contribution in [-0.2, 0) is 5.41 Å². The average molecular weight is 390 g/mol. The van der Waals surface area contributed by atoms with Crippen LogP contribution in [0.3, 0.4) is 0 Å². The van der Waals surface area contributed by atoms with Crippen molar-refractivity contribution >= 4 is 22.5 Å². The Morgan fingerprint density at radius 1 is 1.17 bits per heavy atom. The molecule has 1 amide bonds. The van der Waals surface area contributed by atoms with E-state index in [4.69, 9.17) is 10.7 Å². The smallest absolute Gasteiger partial charge is 0.257 e. The molecule has 2 aromatic heterocycles. The van der Waals surface area contributed by atoms with Gasteiger partial charge in [-0.25, -0.2) is 9.97 Å². The van der Waals surface area contributed by atoms with Gasteiger partial charge in [0.25, 0.3) is 5.91 Å². The Morgan fingerprint density at radius 2 is 1.90 bits per heavy atom. The Balaban J connectivity index is 1.55. The summed E-state index contributed by atoms with van der Waals surface area (Å²) in [6.45, 7) is 7.50. The highest BCUT2D eigenvalue weighted by atomic mass is 16.2. The highest BCUT2D eigenvalue weighted by molar-refractivity contribution is 5.93. The number of nitrogen functional groups attached to an aromatic ring is 1. The molecule has 1 fully saturated rings. The second-order valence-corrected chi connectivity index (χ2v) is 8.79. The largest absolute Gasteiger partial charge is 0.397 e. The minimum absolute atomic E-state index is 0.0329. The fourth-order valence-electron chi connectivity index (χ4n) is 3.87. The number of amides is 1. The van der Waals surface area contributed by atoms with Crippen molar-refractivity contribution in [3.63, 3.8) is 0 Å². The first-order valence-corrected chi connectivity index (χ1v) is 10.1. The maximum absolute atomic E-state index is 13.0. The number of carbonyl (C=O) groups excluding carboxylic acids is 1. The Bertz CT molecular complexity index is 1040. The van der Waals surface area contributed by atoms with Crippen LogP contribution < -0.4 is 5.73 Å². The minimum Gasteiger partial charge on any atom is -0.397 e. The molecule has 0 bridgehead atoms. The van der Waals surface area contributed by atoms with E-state index in [2.05, 4.69) is 30.7 Å². The summed E-state index contributed by atoms with van der Waals surface area (Å²) in [6.07, 6.45) is 5.17.